The maximum Gasteiger partial charge on any atom is 0.260 e. The van der Waals surface area contributed by atoms with Gasteiger partial charge in [0, 0.05) is 14.9 Å². The van der Waals surface area contributed by atoms with Crippen molar-refractivity contribution in [3.8, 4) is 0 Å². The second-order valence-electron chi connectivity index (χ2n) is 2.70. The summed E-state index contributed by atoms with van der Waals surface area (Å²) in [6.45, 7) is 0. The highest BCUT2D eigenvalue weighted by atomic mass is 79.9. The van der Waals surface area contributed by atoms with E-state index in [0.29, 0.717) is 10.8 Å². The fraction of sp³-hybridized carbons (Fsp3) is 0. The number of oxazole rings is 1. The zero-order valence-electron chi connectivity index (χ0n) is 7.51. The molecule has 0 radical (unpaired) electrons. The number of halogens is 1. The molecule has 0 N–H and O–H groups in total. The van der Waals surface area contributed by atoms with Gasteiger partial charge >= 0.3 is 0 Å². The summed E-state index contributed by atoms with van der Waals surface area (Å²) in [5, 5.41) is 0.528. The Morgan fingerprint density at radius 1 is 1.47 bits per heavy atom. The maximum atomic E-state index is 10.8. The largest absolute Gasteiger partial charge is 0.440 e. The number of carbonyl (C=O) groups is 1. The third kappa shape index (κ3) is 2.49. The molecule has 3 nitrogen and oxygen atoms in total. The average molecular weight is 284 g/mol. The average Bonchev–Trinajstić information content (AvgIpc) is 2.73. The van der Waals surface area contributed by atoms with Gasteiger partial charge < -0.3 is 4.42 Å². The molecule has 1 heterocycles. The Morgan fingerprint density at radius 2 is 2.33 bits per heavy atom. The van der Waals surface area contributed by atoms with Crippen LogP contribution in [-0.4, -0.2) is 11.3 Å². The van der Waals surface area contributed by atoms with Crippen LogP contribution in [0.1, 0.15) is 10.4 Å². The molecule has 0 saturated heterocycles. The highest BCUT2D eigenvalue weighted by Crippen LogP contribution is 2.30. The zero-order valence-corrected chi connectivity index (χ0v) is 9.92. The topological polar surface area (TPSA) is 43.1 Å². The molecular weight excluding hydrogens is 278 g/mol. The smallest absolute Gasteiger partial charge is 0.260 e. The van der Waals surface area contributed by atoms with Gasteiger partial charge in [-0.05, 0) is 30.0 Å². The van der Waals surface area contributed by atoms with E-state index in [0.717, 1.165) is 15.7 Å². The number of nitrogens with zero attached hydrogens (tertiary/aromatic N) is 1. The number of hydrogen-bond donors (Lipinski definition) is 0. The Balaban J connectivity index is 2.32. The van der Waals surface area contributed by atoms with Crippen LogP contribution >= 0.6 is 27.7 Å². The predicted molar refractivity (Wildman–Crippen MR) is 60.2 cm³/mol. The van der Waals surface area contributed by atoms with E-state index in [-0.39, 0.29) is 0 Å². The number of rotatable bonds is 3. The molecular formula is C10H6BrNO2S. The van der Waals surface area contributed by atoms with Gasteiger partial charge in [-0.3, -0.25) is 4.79 Å². The fourth-order valence-electron chi connectivity index (χ4n) is 1.06. The monoisotopic (exact) mass is 283 g/mol. The number of aldehydes is 1. The first-order valence-corrected chi connectivity index (χ1v) is 5.72. The molecule has 2 rings (SSSR count). The summed E-state index contributed by atoms with van der Waals surface area (Å²) in [6, 6.07) is 5.49. The minimum Gasteiger partial charge on any atom is -0.440 e. The van der Waals surface area contributed by atoms with E-state index in [9.17, 15) is 4.79 Å². The van der Waals surface area contributed by atoms with E-state index in [1.165, 1.54) is 18.0 Å². The van der Waals surface area contributed by atoms with Crippen molar-refractivity contribution in [1.82, 2.24) is 4.98 Å². The number of benzene rings is 1. The van der Waals surface area contributed by atoms with Crippen LogP contribution < -0.4 is 0 Å². The SMILES string of the molecule is O=Cc1cc(Br)ccc1Sc1ncco1. The standard InChI is InChI=1S/C10H6BrNO2S/c11-8-1-2-9(7(5-8)6-13)15-10-12-3-4-14-10/h1-6H. The van der Waals surface area contributed by atoms with Gasteiger partial charge in [-0.1, -0.05) is 15.9 Å². The molecule has 0 amide bonds. The first-order chi connectivity index (χ1) is 7.29. The second kappa shape index (κ2) is 4.63. The molecule has 0 aliphatic carbocycles. The lowest BCUT2D eigenvalue weighted by molar-refractivity contribution is 0.112. The summed E-state index contributed by atoms with van der Waals surface area (Å²) in [6.07, 6.45) is 3.89. The maximum absolute atomic E-state index is 10.8. The quantitative estimate of drug-likeness (QED) is 0.810. The third-order valence-electron chi connectivity index (χ3n) is 1.71. The molecule has 0 bridgehead atoms. The van der Waals surface area contributed by atoms with Crippen LogP contribution in [0, 0.1) is 0 Å². The molecule has 76 valence electrons. The Bertz CT molecular complexity index is 470. The molecule has 5 heteroatoms. The summed E-state index contributed by atoms with van der Waals surface area (Å²) in [4.78, 5) is 15.6. The molecule has 0 aliphatic heterocycles. The first kappa shape index (κ1) is 10.4. The van der Waals surface area contributed by atoms with Crippen molar-refractivity contribution >= 4 is 34.0 Å². The van der Waals surface area contributed by atoms with Gasteiger partial charge in [0.25, 0.3) is 5.22 Å². The summed E-state index contributed by atoms with van der Waals surface area (Å²) < 4.78 is 5.97. The van der Waals surface area contributed by atoms with Crippen LogP contribution in [0.3, 0.4) is 0 Å². The van der Waals surface area contributed by atoms with E-state index in [2.05, 4.69) is 20.9 Å². The van der Waals surface area contributed by atoms with Gasteiger partial charge in [-0.2, -0.15) is 0 Å². The summed E-state index contributed by atoms with van der Waals surface area (Å²) >= 11 is 4.63. The van der Waals surface area contributed by atoms with Gasteiger partial charge in [0.05, 0.1) is 6.20 Å². The number of carbonyl (C=O) groups excluding carboxylic acids is 1. The highest BCUT2D eigenvalue weighted by Gasteiger charge is 2.07. The Kier molecular flexibility index (Phi) is 3.23. The molecule has 0 atom stereocenters. The van der Waals surface area contributed by atoms with Crippen LogP contribution in [0.5, 0.6) is 0 Å². The highest BCUT2D eigenvalue weighted by molar-refractivity contribution is 9.10. The van der Waals surface area contributed by atoms with Crippen LogP contribution in [-0.2, 0) is 0 Å². The van der Waals surface area contributed by atoms with E-state index in [1.807, 2.05) is 12.1 Å². The van der Waals surface area contributed by atoms with E-state index in [1.54, 1.807) is 12.3 Å². The Hall–Kier alpha value is -1.07. The van der Waals surface area contributed by atoms with Gasteiger partial charge in [0.2, 0.25) is 0 Å². The molecule has 1 aromatic carbocycles. The zero-order chi connectivity index (χ0) is 10.7. The van der Waals surface area contributed by atoms with Crippen molar-refractivity contribution in [2.75, 3.05) is 0 Å². The molecule has 0 saturated carbocycles. The lowest BCUT2D eigenvalue weighted by atomic mass is 10.2. The van der Waals surface area contributed by atoms with Crippen molar-refractivity contribution < 1.29 is 9.21 Å². The minimum absolute atomic E-state index is 0.528. The summed E-state index contributed by atoms with van der Waals surface area (Å²) in [5.74, 6) is 0. The van der Waals surface area contributed by atoms with Crippen molar-refractivity contribution in [2.24, 2.45) is 0 Å². The fourth-order valence-corrected chi connectivity index (χ4v) is 2.20. The molecule has 0 spiro atoms. The lowest BCUT2D eigenvalue weighted by Gasteiger charge is -2.01. The predicted octanol–water partition coefficient (Wildman–Crippen LogP) is 3.40. The van der Waals surface area contributed by atoms with Gasteiger partial charge in [-0.15, -0.1) is 0 Å². The van der Waals surface area contributed by atoms with Crippen LogP contribution in [0.2, 0.25) is 0 Å². The number of aromatic nitrogens is 1. The van der Waals surface area contributed by atoms with Crippen molar-refractivity contribution in [3.63, 3.8) is 0 Å². The van der Waals surface area contributed by atoms with Crippen LogP contribution in [0.15, 0.2) is 49.7 Å². The minimum atomic E-state index is 0.528. The molecule has 1 aromatic heterocycles. The van der Waals surface area contributed by atoms with Crippen molar-refractivity contribution in [1.29, 1.82) is 0 Å². The van der Waals surface area contributed by atoms with E-state index >= 15 is 0 Å². The lowest BCUT2D eigenvalue weighted by Crippen LogP contribution is -1.85. The first-order valence-electron chi connectivity index (χ1n) is 4.11. The Labute approximate surface area is 99.0 Å². The Morgan fingerprint density at radius 3 is 3.00 bits per heavy atom. The summed E-state index contributed by atoms with van der Waals surface area (Å²) in [5.41, 5.74) is 0.618. The molecule has 0 fully saturated rings. The number of hydrogen-bond acceptors (Lipinski definition) is 4. The molecule has 15 heavy (non-hydrogen) atoms. The third-order valence-corrected chi connectivity index (χ3v) is 3.17. The molecule has 0 aliphatic rings. The van der Waals surface area contributed by atoms with Gasteiger partial charge in [-0.25, -0.2) is 4.98 Å². The van der Waals surface area contributed by atoms with Crippen LogP contribution in [0.4, 0.5) is 0 Å². The molecule has 2 aromatic rings. The van der Waals surface area contributed by atoms with Crippen molar-refractivity contribution in [3.05, 3.63) is 40.7 Å². The van der Waals surface area contributed by atoms with E-state index < -0.39 is 0 Å². The second-order valence-corrected chi connectivity index (χ2v) is 4.61. The van der Waals surface area contributed by atoms with Crippen LogP contribution in [0.25, 0.3) is 0 Å². The van der Waals surface area contributed by atoms with E-state index in [4.69, 9.17) is 4.42 Å². The normalized spacial score (nSPS) is 10.2. The van der Waals surface area contributed by atoms with Crippen molar-refractivity contribution in [2.45, 2.75) is 10.1 Å². The summed E-state index contributed by atoms with van der Waals surface area (Å²) in [7, 11) is 0. The van der Waals surface area contributed by atoms with Gasteiger partial charge in [0.1, 0.15) is 6.26 Å². The molecule has 0 unspecified atom stereocenters. The van der Waals surface area contributed by atoms with Gasteiger partial charge in [0.15, 0.2) is 6.29 Å².